The van der Waals surface area contributed by atoms with Crippen LogP contribution in [0.15, 0.2) is 18.2 Å². The van der Waals surface area contributed by atoms with Gasteiger partial charge in [-0.25, -0.2) is 4.79 Å². The highest BCUT2D eigenvalue weighted by molar-refractivity contribution is 5.90. The molecule has 0 radical (unpaired) electrons. The minimum atomic E-state index is -0.838. The monoisotopic (exact) mass is 288 g/mol. The van der Waals surface area contributed by atoms with E-state index in [-0.39, 0.29) is 12.6 Å². The van der Waals surface area contributed by atoms with Crippen LogP contribution < -0.4 is 5.32 Å². The SMILES string of the molecule is CC1(C(=O)O)CCN(C(=O)Nc2ccc3c(c2)CCC3)C1. The van der Waals surface area contributed by atoms with E-state index >= 15 is 0 Å². The highest BCUT2D eigenvalue weighted by Gasteiger charge is 2.42. The Morgan fingerprint density at radius 2 is 2.05 bits per heavy atom. The molecule has 1 aliphatic heterocycles. The zero-order chi connectivity index (χ0) is 15.0. The van der Waals surface area contributed by atoms with Gasteiger partial charge in [-0.3, -0.25) is 4.79 Å². The van der Waals surface area contributed by atoms with Crippen LogP contribution in [-0.2, 0) is 17.6 Å². The Morgan fingerprint density at radius 1 is 1.29 bits per heavy atom. The first-order valence-corrected chi connectivity index (χ1v) is 7.39. The average Bonchev–Trinajstić information content (AvgIpc) is 3.05. The first-order chi connectivity index (χ1) is 9.98. The number of carboxylic acid groups (broad SMARTS) is 1. The molecule has 0 bridgehead atoms. The second kappa shape index (κ2) is 5.06. The number of nitrogens with zero attached hydrogens (tertiary/aromatic N) is 1. The molecule has 2 aliphatic rings. The van der Waals surface area contributed by atoms with Crippen molar-refractivity contribution in [1.29, 1.82) is 0 Å². The van der Waals surface area contributed by atoms with E-state index in [0.717, 1.165) is 18.5 Å². The maximum absolute atomic E-state index is 12.2. The zero-order valence-corrected chi connectivity index (χ0v) is 12.2. The van der Waals surface area contributed by atoms with E-state index in [1.54, 1.807) is 11.8 Å². The van der Waals surface area contributed by atoms with E-state index in [1.807, 2.05) is 12.1 Å². The van der Waals surface area contributed by atoms with E-state index in [2.05, 4.69) is 11.4 Å². The summed E-state index contributed by atoms with van der Waals surface area (Å²) in [4.78, 5) is 25.1. The van der Waals surface area contributed by atoms with E-state index in [0.29, 0.717) is 13.0 Å². The van der Waals surface area contributed by atoms with Gasteiger partial charge in [-0.15, -0.1) is 0 Å². The van der Waals surface area contributed by atoms with Crippen molar-refractivity contribution >= 4 is 17.7 Å². The molecule has 1 saturated heterocycles. The summed E-state index contributed by atoms with van der Waals surface area (Å²) in [5.74, 6) is -0.838. The summed E-state index contributed by atoms with van der Waals surface area (Å²) in [7, 11) is 0. The Kier molecular flexibility index (Phi) is 3.35. The zero-order valence-electron chi connectivity index (χ0n) is 12.2. The molecule has 1 unspecified atom stereocenters. The van der Waals surface area contributed by atoms with Gasteiger partial charge in [-0.1, -0.05) is 6.07 Å². The Balaban J connectivity index is 1.66. The molecule has 1 aliphatic carbocycles. The number of aliphatic carboxylic acids is 1. The van der Waals surface area contributed by atoms with Crippen LogP contribution in [0.1, 0.15) is 30.9 Å². The minimum Gasteiger partial charge on any atom is -0.481 e. The van der Waals surface area contributed by atoms with Crippen LogP contribution in [0.5, 0.6) is 0 Å². The standard InChI is InChI=1S/C16H20N2O3/c1-16(14(19)20)7-8-18(10-16)15(21)17-13-6-5-11-3-2-4-12(11)9-13/h5-6,9H,2-4,7-8,10H2,1H3,(H,17,21)(H,19,20). The molecule has 0 spiro atoms. The number of aryl methyl sites for hydroxylation is 2. The molecule has 0 saturated carbocycles. The number of amides is 2. The maximum atomic E-state index is 12.2. The second-order valence-corrected chi connectivity index (χ2v) is 6.30. The Morgan fingerprint density at radius 3 is 2.76 bits per heavy atom. The average molecular weight is 288 g/mol. The number of rotatable bonds is 2. The van der Waals surface area contributed by atoms with Crippen molar-refractivity contribution in [2.45, 2.75) is 32.6 Å². The van der Waals surface area contributed by atoms with Gasteiger partial charge in [0, 0.05) is 18.8 Å². The molecule has 1 aromatic carbocycles. The summed E-state index contributed by atoms with van der Waals surface area (Å²) in [6.07, 6.45) is 3.86. The van der Waals surface area contributed by atoms with Crippen LogP contribution in [0.2, 0.25) is 0 Å². The van der Waals surface area contributed by atoms with Crippen molar-refractivity contribution < 1.29 is 14.7 Å². The highest BCUT2D eigenvalue weighted by atomic mass is 16.4. The third-order valence-electron chi connectivity index (χ3n) is 4.63. The van der Waals surface area contributed by atoms with E-state index in [1.165, 1.54) is 17.5 Å². The number of nitrogens with one attached hydrogen (secondary N) is 1. The number of urea groups is 1. The minimum absolute atomic E-state index is 0.210. The molecule has 5 heteroatoms. The molecule has 1 fully saturated rings. The van der Waals surface area contributed by atoms with Gasteiger partial charge in [-0.2, -0.15) is 0 Å². The lowest BCUT2D eigenvalue weighted by atomic mass is 9.90. The summed E-state index contributed by atoms with van der Waals surface area (Å²) in [5.41, 5.74) is 2.65. The first kappa shape index (κ1) is 13.9. The van der Waals surface area contributed by atoms with Crippen molar-refractivity contribution in [3.63, 3.8) is 0 Å². The van der Waals surface area contributed by atoms with E-state index in [9.17, 15) is 14.7 Å². The second-order valence-electron chi connectivity index (χ2n) is 6.30. The topological polar surface area (TPSA) is 69.6 Å². The van der Waals surface area contributed by atoms with Gasteiger partial charge >= 0.3 is 12.0 Å². The van der Waals surface area contributed by atoms with Crippen LogP contribution in [0.3, 0.4) is 0 Å². The molecular weight excluding hydrogens is 268 g/mol. The molecule has 112 valence electrons. The normalized spacial score (nSPS) is 24.0. The number of fused-ring (bicyclic) bond motifs is 1. The lowest BCUT2D eigenvalue weighted by molar-refractivity contribution is -0.146. The summed E-state index contributed by atoms with van der Waals surface area (Å²) in [6, 6.07) is 5.82. The van der Waals surface area contributed by atoms with Gasteiger partial charge in [0.2, 0.25) is 0 Å². The largest absolute Gasteiger partial charge is 0.481 e. The quantitative estimate of drug-likeness (QED) is 0.878. The predicted molar refractivity (Wildman–Crippen MR) is 79.4 cm³/mol. The highest BCUT2D eigenvalue weighted by Crippen LogP contribution is 2.31. The van der Waals surface area contributed by atoms with Gasteiger partial charge in [0.05, 0.1) is 5.41 Å². The molecular formula is C16H20N2O3. The van der Waals surface area contributed by atoms with Crippen molar-refractivity contribution in [2.24, 2.45) is 5.41 Å². The maximum Gasteiger partial charge on any atom is 0.321 e. The lowest BCUT2D eigenvalue weighted by Gasteiger charge is -2.20. The van der Waals surface area contributed by atoms with Crippen LogP contribution in [0.4, 0.5) is 10.5 Å². The molecule has 21 heavy (non-hydrogen) atoms. The van der Waals surface area contributed by atoms with Crippen molar-refractivity contribution in [1.82, 2.24) is 4.90 Å². The lowest BCUT2D eigenvalue weighted by Crippen LogP contribution is -2.37. The third-order valence-corrected chi connectivity index (χ3v) is 4.63. The molecule has 2 N–H and O–H groups in total. The number of anilines is 1. The summed E-state index contributed by atoms with van der Waals surface area (Å²) < 4.78 is 0. The van der Waals surface area contributed by atoms with Crippen LogP contribution in [0.25, 0.3) is 0 Å². The number of carbonyl (C=O) groups is 2. The van der Waals surface area contributed by atoms with Crippen LogP contribution in [0, 0.1) is 5.41 Å². The predicted octanol–water partition coefficient (Wildman–Crippen LogP) is 2.50. The van der Waals surface area contributed by atoms with Crippen LogP contribution in [-0.4, -0.2) is 35.1 Å². The molecule has 3 rings (SSSR count). The fraction of sp³-hybridized carbons (Fsp3) is 0.500. The van der Waals surface area contributed by atoms with Gasteiger partial charge in [-0.05, 0) is 55.9 Å². The van der Waals surface area contributed by atoms with Gasteiger partial charge in [0.25, 0.3) is 0 Å². The summed E-state index contributed by atoms with van der Waals surface area (Å²) in [5, 5.41) is 12.1. The summed E-state index contributed by atoms with van der Waals surface area (Å²) in [6.45, 7) is 2.44. The Bertz CT molecular complexity index is 599. The molecule has 0 aromatic heterocycles. The van der Waals surface area contributed by atoms with E-state index in [4.69, 9.17) is 0 Å². The molecule has 1 heterocycles. The van der Waals surface area contributed by atoms with Crippen molar-refractivity contribution in [3.05, 3.63) is 29.3 Å². The summed E-state index contributed by atoms with van der Waals surface area (Å²) >= 11 is 0. The number of benzene rings is 1. The molecule has 1 aromatic rings. The smallest absolute Gasteiger partial charge is 0.321 e. The third kappa shape index (κ3) is 2.60. The number of hydrogen-bond acceptors (Lipinski definition) is 2. The number of likely N-dealkylation sites (tertiary alicyclic amines) is 1. The number of carbonyl (C=O) groups excluding carboxylic acids is 1. The molecule has 2 amide bonds. The van der Waals surface area contributed by atoms with Crippen molar-refractivity contribution in [3.8, 4) is 0 Å². The fourth-order valence-corrected chi connectivity index (χ4v) is 3.16. The van der Waals surface area contributed by atoms with E-state index < -0.39 is 11.4 Å². The molecule has 1 atom stereocenters. The van der Waals surface area contributed by atoms with Crippen molar-refractivity contribution in [2.75, 3.05) is 18.4 Å². The Hall–Kier alpha value is -2.04. The van der Waals surface area contributed by atoms with Gasteiger partial charge in [0.1, 0.15) is 0 Å². The first-order valence-electron chi connectivity index (χ1n) is 7.39. The number of hydrogen-bond donors (Lipinski definition) is 2. The molecule has 5 nitrogen and oxygen atoms in total. The fourth-order valence-electron chi connectivity index (χ4n) is 3.16. The number of carboxylic acids is 1. The van der Waals surface area contributed by atoms with Gasteiger partial charge < -0.3 is 15.3 Å². The Labute approximate surface area is 123 Å². The van der Waals surface area contributed by atoms with Gasteiger partial charge in [0.15, 0.2) is 0 Å². The van der Waals surface area contributed by atoms with Crippen LogP contribution >= 0.6 is 0 Å².